The summed E-state index contributed by atoms with van der Waals surface area (Å²) in [6.07, 6.45) is 1.46. The molecule has 0 radical (unpaired) electrons. The summed E-state index contributed by atoms with van der Waals surface area (Å²) in [5, 5.41) is 10.4. The maximum Gasteiger partial charge on any atom is 0.260 e. The molecule has 0 unspecified atom stereocenters. The average molecular weight is 474 g/mol. The van der Waals surface area contributed by atoms with Crippen LogP contribution in [0.3, 0.4) is 0 Å². The fourth-order valence-corrected chi connectivity index (χ4v) is 4.72. The number of para-hydroxylation sites is 1. The Morgan fingerprint density at radius 2 is 2.00 bits per heavy atom. The van der Waals surface area contributed by atoms with Crippen LogP contribution in [-0.4, -0.2) is 63.8 Å². The Morgan fingerprint density at radius 3 is 2.62 bits per heavy atom. The zero-order chi connectivity index (χ0) is 22.8. The van der Waals surface area contributed by atoms with E-state index < -0.39 is 5.91 Å². The number of anilines is 4. The molecule has 11 heteroatoms. The van der Waals surface area contributed by atoms with Gasteiger partial charge in [-0.15, -0.1) is 0 Å². The first-order valence-electron chi connectivity index (χ1n) is 10.1. The molecule has 1 aromatic carbocycles. The summed E-state index contributed by atoms with van der Waals surface area (Å²) >= 11 is 7.79. The maximum absolute atomic E-state index is 11.7. The van der Waals surface area contributed by atoms with E-state index in [4.69, 9.17) is 17.3 Å². The van der Waals surface area contributed by atoms with Gasteiger partial charge < -0.3 is 15.7 Å². The maximum atomic E-state index is 11.7. The molecule has 3 aromatic rings. The molecule has 0 atom stereocenters. The molecule has 4 rings (SSSR count). The molecule has 0 spiro atoms. The van der Waals surface area contributed by atoms with Crippen molar-refractivity contribution < 1.29 is 9.90 Å². The van der Waals surface area contributed by atoms with Crippen LogP contribution in [0.4, 0.5) is 22.5 Å². The minimum absolute atomic E-state index is 0.0493. The number of aryl methyl sites for hydroxylation is 2. The summed E-state index contributed by atoms with van der Waals surface area (Å²) in [5.41, 5.74) is 7.13. The van der Waals surface area contributed by atoms with Crippen LogP contribution in [0.25, 0.3) is 0 Å². The summed E-state index contributed by atoms with van der Waals surface area (Å²) in [6.45, 7) is 6.82. The SMILES string of the molecule is Cc1nc(N2CCN(CO)CC2)cc(N(c2ncc(C(N)=O)s2)c2c(C)cccc2Cl)n1. The number of thiazole rings is 1. The Morgan fingerprint density at radius 1 is 1.25 bits per heavy atom. The second-order valence-electron chi connectivity index (χ2n) is 7.49. The Balaban J connectivity index is 1.81. The molecule has 3 N–H and O–H groups in total. The first kappa shape index (κ1) is 22.4. The van der Waals surface area contributed by atoms with E-state index in [-0.39, 0.29) is 6.73 Å². The Hall–Kier alpha value is -2.79. The van der Waals surface area contributed by atoms with E-state index in [1.165, 1.54) is 17.5 Å². The van der Waals surface area contributed by atoms with E-state index >= 15 is 0 Å². The number of halogens is 1. The van der Waals surface area contributed by atoms with Crippen LogP contribution in [0.15, 0.2) is 30.5 Å². The van der Waals surface area contributed by atoms with Gasteiger partial charge in [-0.25, -0.2) is 15.0 Å². The van der Waals surface area contributed by atoms with Crippen molar-refractivity contribution in [2.24, 2.45) is 5.73 Å². The van der Waals surface area contributed by atoms with Gasteiger partial charge in [-0.2, -0.15) is 0 Å². The van der Waals surface area contributed by atoms with E-state index in [9.17, 15) is 9.90 Å². The lowest BCUT2D eigenvalue weighted by Crippen LogP contribution is -2.47. The highest BCUT2D eigenvalue weighted by molar-refractivity contribution is 7.17. The van der Waals surface area contributed by atoms with Crippen LogP contribution in [0, 0.1) is 13.8 Å². The zero-order valence-corrected chi connectivity index (χ0v) is 19.4. The Kier molecular flexibility index (Phi) is 6.56. The van der Waals surface area contributed by atoms with Gasteiger partial charge in [0, 0.05) is 32.2 Å². The summed E-state index contributed by atoms with van der Waals surface area (Å²) < 4.78 is 0. The van der Waals surface area contributed by atoms with E-state index in [2.05, 4.69) is 19.9 Å². The van der Waals surface area contributed by atoms with Crippen LogP contribution in [-0.2, 0) is 0 Å². The van der Waals surface area contributed by atoms with Crippen molar-refractivity contribution in [3.8, 4) is 0 Å². The summed E-state index contributed by atoms with van der Waals surface area (Å²) in [5.74, 6) is 1.44. The summed E-state index contributed by atoms with van der Waals surface area (Å²) in [6, 6.07) is 7.55. The molecular weight excluding hydrogens is 450 g/mol. The molecule has 0 saturated carbocycles. The molecule has 1 saturated heterocycles. The van der Waals surface area contributed by atoms with Gasteiger partial charge in [0.05, 0.1) is 23.6 Å². The number of nitrogens with zero attached hydrogens (tertiary/aromatic N) is 6. The highest BCUT2D eigenvalue weighted by Crippen LogP contribution is 2.42. The molecular formula is C21H24ClN7O2S. The number of piperazine rings is 1. The van der Waals surface area contributed by atoms with Crippen LogP contribution in [0.5, 0.6) is 0 Å². The quantitative estimate of drug-likeness (QED) is 0.562. The molecule has 0 aliphatic carbocycles. The lowest BCUT2D eigenvalue weighted by atomic mass is 10.2. The predicted octanol–water partition coefficient (Wildman–Crippen LogP) is 2.84. The number of aliphatic hydroxyl groups is 1. The number of aromatic nitrogens is 3. The topological polar surface area (TPSA) is 112 Å². The average Bonchev–Trinajstić information content (AvgIpc) is 3.26. The van der Waals surface area contributed by atoms with Gasteiger partial charge in [0.2, 0.25) is 0 Å². The number of rotatable bonds is 6. The summed E-state index contributed by atoms with van der Waals surface area (Å²) in [4.78, 5) is 31.8. The first-order chi connectivity index (χ1) is 15.4. The van der Waals surface area contributed by atoms with Gasteiger partial charge in [0.25, 0.3) is 5.91 Å². The van der Waals surface area contributed by atoms with E-state index in [1.54, 1.807) is 0 Å². The highest BCUT2D eigenvalue weighted by atomic mass is 35.5. The largest absolute Gasteiger partial charge is 0.381 e. The van der Waals surface area contributed by atoms with Crippen LogP contribution < -0.4 is 15.5 Å². The number of carbonyl (C=O) groups excluding carboxylic acids is 1. The third-order valence-electron chi connectivity index (χ3n) is 5.28. The lowest BCUT2D eigenvalue weighted by Gasteiger charge is -2.34. The number of benzene rings is 1. The molecule has 9 nitrogen and oxygen atoms in total. The van der Waals surface area contributed by atoms with Crippen molar-refractivity contribution in [3.63, 3.8) is 0 Å². The fourth-order valence-electron chi connectivity index (χ4n) is 3.63. The van der Waals surface area contributed by atoms with E-state index in [1.807, 2.05) is 47.9 Å². The molecule has 1 aliphatic heterocycles. The first-order valence-corrected chi connectivity index (χ1v) is 11.3. The van der Waals surface area contributed by atoms with Crippen molar-refractivity contribution >= 4 is 51.3 Å². The predicted molar refractivity (Wildman–Crippen MR) is 126 cm³/mol. The third kappa shape index (κ3) is 4.53. The number of aliphatic hydroxyl groups excluding tert-OH is 1. The minimum Gasteiger partial charge on any atom is -0.381 e. The van der Waals surface area contributed by atoms with Crippen LogP contribution in [0.2, 0.25) is 5.02 Å². The molecule has 1 fully saturated rings. The second-order valence-corrected chi connectivity index (χ2v) is 8.91. The van der Waals surface area contributed by atoms with Gasteiger partial charge in [0.1, 0.15) is 22.3 Å². The molecule has 2 aromatic heterocycles. The number of nitrogens with two attached hydrogens (primary N) is 1. The number of hydrogen-bond donors (Lipinski definition) is 2. The van der Waals surface area contributed by atoms with Gasteiger partial charge in [-0.05, 0) is 25.5 Å². The normalized spacial score (nSPS) is 14.6. The minimum atomic E-state index is -0.536. The molecule has 0 bridgehead atoms. The number of primary amides is 1. The Labute approximate surface area is 195 Å². The number of amides is 1. The molecule has 32 heavy (non-hydrogen) atoms. The molecule has 168 valence electrons. The fraction of sp³-hybridized carbons (Fsp3) is 0.333. The van der Waals surface area contributed by atoms with Crippen molar-refractivity contribution in [1.29, 1.82) is 0 Å². The molecule has 1 amide bonds. The zero-order valence-electron chi connectivity index (χ0n) is 17.8. The molecule has 3 heterocycles. The van der Waals surface area contributed by atoms with Crippen molar-refractivity contribution in [2.75, 3.05) is 42.7 Å². The monoisotopic (exact) mass is 473 g/mol. The lowest BCUT2D eigenvalue weighted by molar-refractivity contribution is 0.100. The van der Waals surface area contributed by atoms with E-state index in [0.717, 1.165) is 43.2 Å². The van der Waals surface area contributed by atoms with Gasteiger partial charge >= 0.3 is 0 Å². The number of hydrogen-bond acceptors (Lipinski definition) is 9. The van der Waals surface area contributed by atoms with Gasteiger partial charge in [-0.3, -0.25) is 14.6 Å². The highest BCUT2D eigenvalue weighted by Gasteiger charge is 2.25. The van der Waals surface area contributed by atoms with Gasteiger partial charge in [-0.1, -0.05) is 35.1 Å². The number of carbonyl (C=O) groups is 1. The summed E-state index contributed by atoms with van der Waals surface area (Å²) in [7, 11) is 0. The second kappa shape index (κ2) is 9.37. The van der Waals surface area contributed by atoms with Crippen LogP contribution in [0.1, 0.15) is 21.1 Å². The Bertz CT molecular complexity index is 1110. The third-order valence-corrected chi connectivity index (χ3v) is 6.58. The smallest absolute Gasteiger partial charge is 0.260 e. The standard InChI is InChI=1S/C21H24ClN7O2S/c1-13-4-3-5-15(22)19(13)29(21-24-11-16(32-21)20(23)31)18-10-17(25-14(2)26-18)28-8-6-27(12-30)7-9-28/h3-5,10-11,30H,6-9,12H2,1-2H3,(H2,23,31). The van der Waals surface area contributed by atoms with Crippen molar-refractivity contribution in [1.82, 2.24) is 19.9 Å². The van der Waals surface area contributed by atoms with Crippen molar-refractivity contribution in [2.45, 2.75) is 13.8 Å². The van der Waals surface area contributed by atoms with Crippen molar-refractivity contribution in [3.05, 3.63) is 51.7 Å². The van der Waals surface area contributed by atoms with Crippen LogP contribution >= 0.6 is 22.9 Å². The van der Waals surface area contributed by atoms with Gasteiger partial charge in [0.15, 0.2) is 5.13 Å². The van der Waals surface area contributed by atoms with E-state index in [0.29, 0.717) is 26.7 Å². The molecule has 1 aliphatic rings.